The number of carbonyl (C=O) groups is 1. The standard InChI is InChI=1S/C25H25N3O2/c1-18(14-15-19-8-3-2-4-9-19)26-23(29)16-17-24-27-25(28-30-24)22-13-7-11-20-10-5-6-12-21(20)22/h2-13,18H,14-17H2,1H3,(H,26,29). The van der Waals surface area contributed by atoms with Crippen LogP contribution in [0.5, 0.6) is 0 Å². The summed E-state index contributed by atoms with van der Waals surface area (Å²) >= 11 is 0. The summed E-state index contributed by atoms with van der Waals surface area (Å²) in [6.07, 6.45) is 2.60. The van der Waals surface area contributed by atoms with Crippen molar-refractivity contribution >= 4 is 16.7 Å². The molecule has 0 spiro atoms. The van der Waals surface area contributed by atoms with Crippen LogP contribution in [-0.4, -0.2) is 22.1 Å². The van der Waals surface area contributed by atoms with Gasteiger partial charge in [-0.2, -0.15) is 4.98 Å². The molecule has 0 aliphatic heterocycles. The van der Waals surface area contributed by atoms with Crippen molar-refractivity contribution in [1.29, 1.82) is 0 Å². The maximum atomic E-state index is 12.3. The molecule has 0 radical (unpaired) electrons. The van der Waals surface area contributed by atoms with Crippen molar-refractivity contribution in [3.63, 3.8) is 0 Å². The number of rotatable bonds is 8. The number of hydrogen-bond donors (Lipinski definition) is 1. The highest BCUT2D eigenvalue weighted by Gasteiger charge is 2.14. The van der Waals surface area contributed by atoms with Crippen LogP contribution < -0.4 is 5.32 Å². The second-order valence-electron chi connectivity index (χ2n) is 7.53. The van der Waals surface area contributed by atoms with Gasteiger partial charge >= 0.3 is 0 Å². The SMILES string of the molecule is CC(CCc1ccccc1)NC(=O)CCc1nc(-c2cccc3ccccc23)no1. The Morgan fingerprint density at radius 3 is 2.60 bits per heavy atom. The summed E-state index contributed by atoms with van der Waals surface area (Å²) in [5.74, 6) is 1.03. The van der Waals surface area contributed by atoms with E-state index in [9.17, 15) is 4.79 Å². The highest BCUT2D eigenvalue weighted by molar-refractivity contribution is 5.94. The fraction of sp³-hybridized carbons (Fsp3) is 0.240. The Hall–Kier alpha value is -3.47. The molecule has 1 aromatic heterocycles. The van der Waals surface area contributed by atoms with Crippen molar-refractivity contribution in [2.24, 2.45) is 0 Å². The number of nitrogens with zero attached hydrogens (tertiary/aromatic N) is 2. The number of amides is 1. The largest absolute Gasteiger partial charge is 0.354 e. The van der Waals surface area contributed by atoms with Crippen molar-refractivity contribution in [1.82, 2.24) is 15.5 Å². The third-order valence-corrected chi connectivity index (χ3v) is 5.18. The minimum absolute atomic E-state index is 0.000438. The molecule has 3 aromatic carbocycles. The van der Waals surface area contributed by atoms with E-state index >= 15 is 0 Å². The van der Waals surface area contributed by atoms with Gasteiger partial charge in [0.1, 0.15) is 0 Å². The Kier molecular flexibility index (Phi) is 6.18. The second-order valence-corrected chi connectivity index (χ2v) is 7.53. The number of aromatic nitrogens is 2. The van der Waals surface area contributed by atoms with Crippen molar-refractivity contribution in [3.05, 3.63) is 84.3 Å². The van der Waals surface area contributed by atoms with E-state index in [1.165, 1.54) is 5.56 Å². The Morgan fingerprint density at radius 1 is 0.967 bits per heavy atom. The van der Waals surface area contributed by atoms with Crippen LogP contribution >= 0.6 is 0 Å². The first-order valence-corrected chi connectivity index (χ1v) is 10.3. The van der Waals surface area contributed by atoms with Gasteiger partial charge in [0.15, 0.2) is 0 Å². The molecule has 1 amide bonds. The highest BCUT2D eigenvalue weighted by atomic mass is 16.5. The van der Waals surface area contributed by atoms with Crippen molar-refractivity contribution in [3.8, 4) is 11.4 Å². The molecule has 1 heterocycles. The van der Waals surface area contributed by atoms with E-state index in [-0.39, 0.29) is 11.9 Å². The van der Waals surface area contributed by atoms with E-state index in [1.807, 2.05) is 55.5 Å². The molecule has 0 bridgehead atoms. The lowest BCUT2D eigenvalue weighted by Gasteiger charge is -2.13. The normalized spacial score (nSPS) is 12.0. The third-order valence-electron chi connectivity index (χ3n) is 5.18. The Bertz CT molecular complexity index is 1120. The summed E-state index contributed by atoms with van der Waals surface area (Å²) in [6.45, 7) is 2.03. The molecule has 5 heteroatoms. The van der Waals surface area contributed by atoms with E-state index in [2.05, 4.69) is 39.7 Å². The molecule has 152 valence electrons. The maximum absolute atomic E-state index is 12.3. The van der Waals surface area contributed by atoms with E-state index in [1.54, 1.807) is 0 Å². The van der Waals surface area contributed by atoms with Gasteiger partial charge in [0, 0.05) is 24.4 Å². The lowest BCUT2D eigenvalue weighted by atomic mass is 10.0. The first-order valence-electron chi connectivity index (χ1n) is 10.3. The van der Waals surface area contributed by atoms with Crippen LogP contribution in [0.4, 0.5) is 0 Å². The van der Waals surface area contributed by atoms with E-state index in [4.69, 9.17) is 4.52 Å². The van der Waals surface area contributed by atoms with Crippen molar-refractivity contribution < 1.29 is 9.32 Å². The first-order chi connectivity index (χ1) is 14.7. The molecular formula is C25H25N3O2. The molecule has 0 fully saturated rings. The van der Waals surface area contributed by atoms with Crippen LogP contribution in [0.2, 0.25) is 0 Å². The molecule has 4 aromatic rings. The van der Waals surface area contributed by atoms with E-state index in [0.29, 0.717) is 24.6 Å². The van der Waals surface area contributed by atoms with Gasteiger partial charge in [0.25, 0.3) is 0 Å². The predicted molar refractivity (Wildman–Crippen MR) is 118 cm³/mol. The smallest absolute Gasteiger partial charge is 0.227 e. The van der Waals surface area contributed by atoms with E-state index < -0.39 is 0 Å². The van der Waals surface area contributed by atoms with Gasteiger partial charge in [-0.3, -0.25) is 4.79 Å². The minimum atomic E-state index is 0.000438. The first kappa shape index (κ1) is 19.8. The average molecular weight is 399 g/mol. The van der Waals surface area contributed by atoms with Gasteiger partial charge in [-0.15, -0.1) is 0 Å². The average Bonchev–Trinajstić information content (AvgIpc) is 3.25. The van der Waals surface area contributed by atoms with Gasteiger partial charge < -0.3 is 9.84 Å². The lowest BCUT2D eigenvalue weighted by molar-refractivity contribution is -0.121. The predicted octanol–water partition coefficient (Wildman–Crippen LogP) is 4.96. The fourth-order valence-electron chi connectivity index (χ4n) is 3.55. The molecular weight excluding hydrogens is 374 g/mol. The van der Waals surface area contributed by atoms with Crippen LogP contribution in [0.3, 0.4) is 0 Å². The van der Waals surface area contributed by atoms with Gasteiger partial charge in [0.2, 0.25) is 17.6 Å². The molecule has 1 atom stereocenters. The minimum Gasteiger partial charge on any atom is -0.354 e. The number of aryl methyl sites for hydroxylation is 2. The third kappa shape index (κ3) is 4.92. The number of benzene rings is 3. The molecule has 0 saturated carbocycles. The topological polar surface area (TPSA) is 68.0 Å². The van der Waals surface area contributed by atoms with Crippen LogP contribution in [0.1, 0.15) is 31.2 Å². The zero-order chi connectivity index (χ0) is 20.8. The maximum Gasteiger partial charge on any atom is 0.227 e. The summed E-state index contributed by atoms with van der Waals surface area (Å²) in [5, 5.41) is 9.39. The van der Waals surface area contributed by atoms with Gasteiger partial charge in [-0.05, 0) is 36.1 Å². The summed E-state index contributed by atoms with van der Waals surface area (Å²) in [4.78, 5) is 16.8. The number of nitrogens with one attached hydrogen (secondary N) is 1. The summed E-state index contributed by atoms with van der Waals surface area (Å²) in [7, 11) is 0. The summed E-state index contributed by atoms with van der Waals surface area (Å²) in [6, 6.07) is 24.6. The highest BCUT2D eigenvalue weighted by Crippen LogP contribution is 2.26. The Balaban J connectivity index is 1.30. The Morgan fingerprint density at radius 2 is 1.73 bits per heavy atom. The monoisotopic (exact) mass is 399 g/mol. The molecule has 4 rings (SSSR count). The van der Waals surface area contributed by atoms with Crippen LogP contribution in [0, 0.1) is 0 Å². The molecule has 0 saturated heterocycles. The van der Waals surface area contributed by atoms with Crippen LogP contribution in [0.15, 0.2) is 77.3 Å². The zero-order valence-electron chi connectivity index (χ0n) is 17.0. The molecule has 30 heavy (non-hydrogen) atoms. The number of fused-ring (bicyclic) bond motifs is 1. The molecule has 0 aliphatic carbocycles. The summed E-state index contributed by atoms with van der Waals surface area (Å²) < 4.78 is 5.39. The van der Waals surface area contributed by atoms with Crippen molar-refractivity contribution in [2.75, 3.05) is 0 Å². The van der Waals surface area contributed by atoms with E-state index in [0.717, 1.165) is 29.2 Å². The summed E-state index contributed by atoms with van der Waals surface area (Å²) in [5.41, 5.74) is 2.22. The number of carbonyl (C=O) groups excluding carboxylic acids is 1. The molecule has 1 unspecified atom stereocenters. The quantitative estimate of drug-likeness (QED) is 0.455. The molecule has 1 N–H and O–H groups in total. The van der Waals surface area contributed by atoms with Gasteiger partial charge in [-0.25, -0.2) is 0 Å². The van der Waals surface area contributed by atoms with Crippen LogP contribution in [0.25, 0.3) is 22.2 Å². The fourth-order valence-corrected chi connectivity index (χ4v) is 3.55. The molecule has 5 nitrogen and oxygen atoms in total. The second kappa shape index (κ2) is 9.35. The van der Waals surface area contributed by atoms with Gasteiger partial charge in [-0.1, -0.05) is 78.0 Å². The number of hydrogen-bond acceptors (Lipinski definition) is 4. The lowest BCUT2D eigenvalue weighted by Crippen LogP contribution is -2.33. The van der Waals surface area contributed by atoms with Crippen molar-refractivity contribution in [2.45, 2.75) is 38.6 Å². The zero-order valence-corrected chi connectivity index (χ0v) is 17.0. The Labute approximate surface area is 176 Å². The molecule has 0 aliphatic rings. The van der Waals surface area contributed by atoms with Gasteiger partial charge in [0.05, 0.1) is 0 Å². The van der Waals surface area contributed by atoms with Crippen LogP contribution in [-0.2, 0) is 17.6 Å².